The van der Waals surface area contributed by atoms with Crippen LogP contribution in [0.4, 0.5) is 15.8 Å². The molecule has 4 aromatic rings. The zero-order valence-electron chi connectivity index (χ0n) is 22.0. The Morgan fingerprint density at radius 3 is 2.54 bits per heavy atom. The number of halogens is 1. The van der Waals surface area contributed by atoms with Crippen molar-refractivity contribution < 1.29 is 18.7 Å². The van der Waals surface area contributed by atoms with Crippen LogP contribution in [0, 0.1) is 5.82 Å². The highest BCUT2D eigenvalue weighted by Gasteiger charge is 2.35. The molecule has 0 aliphatic carbocycles. The van der Waals surface area contributed by atoms with Gasteiger partial charge in [-0.15, -0.1) is 5.10 Å². The molecule has 1 saturated heterocycles. The summed E-state index contributed by atoms with van der Waals surface area (Å²) >= 11 is 0. The van der Waals surface area contributed by atoms with Crippen LogP contribution < -0.4 is 15.1 Å². The molecular weight excluding hydrogens is 499 g/mol. The highest BCUT2D eigenvalue weighted by Crippen LogP contribution is 2.31. The van der Waals surface area contributed by atoms with Crippen molar-refractivity contribution in [3.8, 4) is 0 Å². The van der Waals surface area contributed by atoms with E-state index in [9.17, 15) is 9.59 Å². The largest absolute Gasteiger partial charge is 0.378 e. The Hall–Kier alpha value is -4.31. The lowest BCUT2D eigenvalue weighted by atomic mass is 10.0. The quantitative estimate of drug-likeness (QED) is 0.355. The Labute approximate surface area is 226 Å². The molecule has 0 bridgehead atoms. The van der Waals surface area contributed by atoms with Gasteiger partial charge in [0.25, 0.3) is 0 Å². The van der Waals surface area contributed by atoms with Gasteiger partial charge in [0.15, 0.2) is 0 Å². The van der Waals surface area contributed by atoms with E-state index in [-0.39, 0.29) is 18.3 Å². The number of hydrogen-bond donors (Lipinski definition) is 1. The topological polar surface area (TPSA) is 92.6 Å². The number of ether oxygens (including phenoxy) is 1. The van der Waals surface area contributed by atoms with Crippen molar-refractivity contribution in [2.45, 2.75) is 31.5 Å². The van der Waals surface area contributed by atoms with Crippen molar-refractivity contribution >= 4 is 34.2 Å². The maximum atomic E-state index is 15.3. The Balaban J connectivity index is 1.55. The van der Waals surface area contributed by atoms with Crippen molar-refractivity contribution in [2.75, 3.05) is 37.0 Å². The molecule has 2 heterocycles. The first-order valence-corrected chi connectivity index (χ1v) is 12.9. The third-order valence-electron chi connectivity index (χ3n) is 6.85. The van der Waals surface area contributed by atoms with E-state index in [1.165, 1.54) is 21.7 Å². The minimum Gasteiger partial charge on any atom is -0.378 e. The Bertz CT molecular complexity index is 1450. The number of rotatable bonds is 9. The zero-order chi connectivity index (χ0) is 27.4. The fraction of sp³-hybridized carbons (Fsp3) is 0.310. The predicted octanol–water partition coefficient (Wildman–Crippen LogP) is 3.71. The van der Waals surface area contributed by atoms with E-state index in [2.05, 4.69) is 15.6 Å². The molecule has 9 nitrogen and oxygen atoms in total. The van der Waals surface area contributed by atoms with E-state index in [1.54, 1.807) is 30.3 Å². The van der Waals surface area contributed by atoms with Crippen LogP contribution in [0.3, 0.4) is 0 Å². The van der Waals surface area contributed by atoms with Crippen molar-refractivity contribution in [1.29, 1.82) is 0 Å². The lowest BCUT2D eigenvalue weighted by Crippen LogP contribution is -2.47. The van der Waals surface area contributed by atoms with Crippen LogP contribution in [0.25, 0.3) is 11.0 Å². The number of para-hydroxylation sites is 2. The Morgan fingerprint density at radius 2 is 1.82 bits per heavy atom. The third-order valence-corrected chi connectivity index (χ3v) is 6.85. The van der Waals surface area contributed by atoms with Gasteiger partial charge in [-0.3, -0.25) is 14.5 Å². The van der Waals surface area contributed by atoms with Gasteiger partial charge in [-0.1, -0.05) is 41.6 Å². The first-order chi connectivity index (χ1) is 18.9. The number of hydrogen-bond acceptors (Lipinski definition) is 6. The molecular formula is C29H31FN6O3. The minimum atomic E-state index is -1.14. The van der Waals surface area contributed by atoms with E-state index in [0.29, 0.717) is 29.7 Å². The normalized spacial score (nSPS) is 15.7. The van der Waals surface area contributed by atoms with Gasteiger partial charge in [0, 0.05) is 32.9 Å². The smallest absolute Gasteiger partial charge is 0.249 e. The molecule has 0 spiro atoms. The van der Waals surface area contributed by atoms with Crippen molar-refractivity contribution in [3.63, 3.8) is 0 Å². The fourth-order valence-corrected chi connectivity index (χ4v) is 4.79. The molecule has 0 unspecified atom stereocenters. The predicted molar refractivity (Wildman–Crippen MR) is 147 cm³/mol. The summed E-state index contributed by atoms with van der Waals surface area (Å²) in [7, 11) is 3.83. The molecule has 10 heteroatoms. The van der Waals surface area contributed by atoms with Gasteiger partial charge in [0.1, 0.15) is 23.9 Å². The van der Waals surface area contributed by atoms with Gasteiger partial charge in [0.2, 0.25) is 11.8 Å². The summed E-state index contributed by atoms with van der Waals surface area (Å²) in [5.74, 6) is -1.55. The van der Waals surface area contributed by atoms with Gasteiger partial charge in [0.05, 0.1) is 17.3 Å². The van der Waals surface area contributed by atoms with E-state index < -0.39 is 23.7 Å². The van der Waals surface area contributed by atoms with E-state index in [4.69, 9.17) is 4.74 Å². The SMILES string of the molecule is CN(C)c1ccc([C@H](C(=O)NC[C@@H]2CCCO2)N(C(=O)Cn2nnc3ccccc32)c2ccccc2F)cc1. The number of amides is 2. The van der Waals surface area contributed by atoms with Gasteiger partial charge >= 0.3 is 0 Å². The Kier molecular flexibility index (Phi) is 7.83. The van der Waals surface area contributed by atoms with Crippen LogP contribution in [0.2, 0.25) is 0 Å². The average molecular weight is 531 g/mol. The average Bonchev–Trinajstić information content (AvgIpc) is 3.61. The summed E-state index contributed by atoms with van der Waals surface area (Å²) in [5.41, 5.74) is 2.77. The molecule has 1 aliphatic rings. The maximum absolute atomic E-state index is 15.3. The lowest BCUT2D eigenvalue weighted by molar-refractivity contribution is -0.127. The summed E-state index contributed by atoms with van der Waals surface area (Å²) in [6.45, 7) is 0.722. The van der Waals surface area contributed by atoms with Crippen LogP contribution in [-0.4, -0.2) is 60.2 Å². The van der Waals surface area contributed by atoms with Crippen LogP contribution in [0.1, 0.15) is 24.4 Å². The molecule has 1 aliphatic heterocycles. The number of aromatic nitrogens is 3. The maximum Gasteiger partial charge on any atom is 0.249 e. The molecule has 2 atom stereocenters. The number of nitrogens with zero attached hydrogens (tertiary/aromatic N) is 5. The molecule has 5 rings (SSSR count). The number of anilines is 2. The van der Waals surface area contributed by atoms with Crippen LogP contribution in [0.5, 0.6) is 0 Å². The second kappa shape index (κ2) is 11.6. The number of carbonyl (C=O) groups excluding carboxylic acids is 2. The van der Waals surface area contributed by atoms with Crippen LogP contribution in [-0.2, 0) is 20.9 Å². The summed E-state index contributed by atoms with van der Waals surface area (Å²) < 4.78 is 22.4. The van der Waals surface area contributed by atoms with Crippen molar-refractivity contribution in [3.05, 3.63) is 84.2 Å². The van der Waals surface area contributed by atoms with Gasteiger partial charge in [-0.25, -0.2) is 9.07 Å². The molecule has 3 aromatic carbocycles. The van der Waals surface area contributed by atoms with E-state index in [0.717, 1.165) is 18.5 Å². The number of nitrogens with one attached hydrogen (secondary N) is 1. The lowest BCUT2D eigenvalue weighted by Gasteiger charge is -2.32. The molecule has 0 saturated carbocycles. The van der Waals surface area contributed by atoms with Crippen molar-refractivity contribution in [1.82, 2.24) is 20.3 Å². The summed E-state index contributed by atoms with van der Waals surface area (Å²) in [5, 5.41) is 11.2. The minimum absolute atomic E-state index is 0.000809. The van der Waals surface area contributed by atoms with Crippen LogP contribution >= 0.6 is 0 Å². The molecule has 202 valence electrons. The standard InChI is InChI=1S/C29H31FN6O3/c1-34(2)21-15-13-20(14-16-21)28(29(38)31-18-22-8-7-17-39-22)36(25-11-5-3-9-23(25)30)27(37)19-35-26-12-6-4-10-24(26)32-33-35/h3-6,9-16,22,28H,7-8,17-19H2,1-2H3,(H,31,38)/t22-,28+/m0/s1. The second-order valence-corrected chi connectivity index (χ2v) is 9.72. The second-order valence-electron chi connectivity index (χ2n) is 9.72. The number of fused-ring (bicyclic) bond motifs is 1. The number of benzene rings is 3. The molecule has 39 heavy (non-hydrogen) atoms. The highest BCUT2D eigenvalue weighted by molar-refractivity contribution is 6.01. The van der Waals surface area contributed by atoms with E-state index >= 15 is 4.39 Å². The summed E-state index contributed by atoms with van der Waals surface area (Å²) in [6.07, 6.45) is 1.68. The van der Waals surface area contributed by atoms with Gasteiger partial charge in [-0.05, 0) is 54.8 Å². The third kappa shape index (κ3) is 5.75. The first kappa shape index (κ1) is 26.3. The van der Waals surface area contributed by atoms with Gasteiger partial charge < -0.3 is 15.0 Å². The van der Waals surface area contributed by atoms with E-state index in [1.807, 2.05) is 49.3 Å². The summed E-state index contributed by atoms with van der Waals surface area (Å²) in [4.78, 5) is 31.0. The molecule has 1 fully saturated rings. The first-order valence-electron chi connectivity index (χ1n) is 12.9. The Morgan fingerprint density at radius 1 is 1.08 bits per heavy atom. The molecule has 2 amide bonds. The molecule has 0 radical (unpaired) electrons. The van der Waals surface area contributed by atoms with Crippen LogP contribution in [0.15, 0.2) is 72.8 Å². The summed E-state index contributed by atoms with van der Waals surface area (Å²) in [6, 6.07) is 19.4. The molecule has 1 aromatic heterocycles. The molecule has 1 N–H and O–H groups in total. The number of carbonyl (C=O) groups is 2. The monoisotopic (exact) mass is 530 g/mol. The van der Waals surface area contributed by atoms with Crippen molar-refractivity contribution in [2.24, 2.45) is 0 Å². The fourth-order valence-electron chi connectivity index (χ4n) is 4.79. The van der Waals surface area contributed by atoms with Gasteiger partial charge in [-0.2, -0.15) is 0 Å². The zero-order valence-corrected chi connectivity index (χ0v) is 22.0. The highest BCUT2D eigenvalue weighted by atomic mass is 19.1.